The molecule has 0 aromatic heterocycles. The second kappa shape index (κ2) is 13.0. The molecular formula is C17H39NO5Si2. The van der Waals surface area contributed by atoms with Crippen LogP contribution >= 0.6 is 0 Å². The molecule has 0 saturated heterocycles. The van der Waals surface area contributed by atoms with Gasteiger partial charge >= 0.3 is 14.8 Å². The van der Waals surface area contributed by atoms with E-state index >= 15 is 0 Å². The molecule has 0 saturated carbocycles. The third kappa shape index (κ3) is 10.5. The summed E-state index contributed by atoms with van der Waals surface area (Å²) in [6, 6.07) is 0.846. The maximum Gasteiger partial charge on any atom is 0.500 e. The Labute approximate surface area is 156 Å². The molecule has 0 aliphatic rings. The SMILES string of the molecule is CCO[Si](CCCCN(CCC(=O)OC)[Si](C)(C)C)(OCC)OCC. The zero-order valence-corrected chi connectivity index (χ0v) is 19.4. The zero-order chi connectivity index (χ0) is 19.3. The molecule has 0 amide bonds. The number of rotatable bonds is 15. The number of nitrogens with zero attached hydrogens (tertiary/aromatic N) is 1. The molecule has 0 aromatic rings. The summed E-state index contributed by atoms with van der Waals surface area (Å²) >= 11 is 0. The molecule has 0 N–H and O–H groups in total. The highest BCUT2D eigenvalue weighted by atomic mass is 28.4. The van der Waals surface area contributed by atoms with Crippen LogP contribution in [0.1, 0.15) is 40.0 Å². The summed E-state index contributed by atoms with van der Waals surface area (Å²) in [5, 5.41) is 0. The van der Waals surface area contributed by atoms with Crippen LogP contribution in [-0.4, -0.2) is 67.6 Å². The van der Waals surface area contributed by atoms with E-state index in [1.54, 1.807) is 0 Å². The molecule has 0 aliphatic heterocycles. The van der Waals surface area contributed by atoms with Crippen molar-refractivity contribution in [3.05, 3.63) is 0 Å². The van der Waals surface area contributed by atoms with Gasteiger partial charge in [-0.25, -0.2) is 0 Å². The largest absolute Gasteiger partial charge is 0.500 e. The molecule has 0 spiro atoms. The van der Waals surface area contributed by atoms with E-state index in [0.29, 0.717) is 26.2 Å². The van der Waals surface area contributed by atoms with Crippen molar-refractivity contribution >= 4 is 23.0 Å². The first-order valence-corrected chi connectivity index (χ1v) is 14.9. The average molecular weight is 394 g/mol. The van der Waals surface area contributed by atoms with E-state index in [9.17, 15) is 4.79 Å². The van der Waals surface area contributed by atoms with Gasteiger partial charge in [-0.3, -0.25) is 4.79 Å². The molecule has 0 aromatic carbocycles. The highest BCUT2D eigenvalue weighted by Gasteiger charge is 2.39. The van der Waals surface area contributed by atoms with Gasteiger partial charge in [-0.2, -0.15) is 0 Å². The maximum absolute atomic E-state index is 11.4. The van der Waals surface area contributed by atoms with Gasteiger partial charge < -0.3 is 22.6 Å². The van der Waals surface area contributed by atoms with E-state index in [0.717, 1.165) is 32.0 Å². The van der Waals surface area contributed by atoms with Crippen LogP contribution in [0.5, 0.6) is 0 Å². The van der Waals surface area contributed by atoms with Crippen LogP contribution < -0.4 is 0 Å². The van der Waals surface area contributed by atoms with Crippen LogP contribution in [-0.2, 0) is 22.8 Å². The highest BCUT2D eigenvalue weighted by Crippen LogP contribution is 2.20. The number of carbonyl (C=O) groups is 1. The van der Waals surface area contributed by atoms with Crippen LogP contribution in [0.4, 0.5) is 0 Å². The van der Waals surface area contributed by atoms with Crippen LogP contribution in [0, 0.1) is 0 Å². The van der Waals surface area contributed by atoms with Gasteiger partial charge in [0.15, 0.2) is 0 Å². The highest BCUT2D eigenvalue weighted by molar-refractivity contribution is 6.73. The topological polar surface area (TPSA) is 57.2 Å². The van der Waals surface area contributed by atoms with Crippen molar-refractivity contribution in [3.8, 4) is 0 Å². The van der Waals surface area contributed by atoms with Crippen molar-refractivity contribution in [2.45, 2.75) is 65.7 Å². The van der Waals surface area contributed by atoms with Crippen LogP contribution in [0.25, 0.3) is 0 Å². The molecule has 0 heterocycles. The van der Waals surface area contributed by atoms with Gasteiger partial charge in [0, 0.05) is 32.4 Å². The Balaban J connectivity index is 4.55. The van der Waals surface area contributed by atoms with Crippen molar-refractivity contribution in [2.24, 2.45) is 0 Å². The summed E-state index contributed by atoms with van der Waals surface area (Å²) in [6.45, 7) is 16.5. The predicted molar refractivity (Wildman–Crippen MR) is 106 cm³/mol. The smallest absolute Gasteiger partial charge is 0.469 e. The number of hydrogen-bond acceptors (Lipinski definition) is 6. The summed E-state index contributed by atoms with van der Waals surface area (Å²) in [6.07, 6.45) is 2.51. The lowest BCUT2D eigenvalue weighted by atomic mass is 10.3. The first-order chi connectivity index (χ1) is 11.7. The molecule has 0 atom stereocenters. The summed E-state index contributed by atoms with van der Waals surface area (Å²) in [5.74, 6) is -0.140. The van der Waals surface area contributed by atoms with E-state index in [-0.39, 0.29) is 5.97 Å². The molecule has 0 bridgehead atoms. The number of ether oxygens (including phenoxy) is 1. The fourth-order valence-electron chi connectivity index (χ4n) is 2.76. The first kappa shape index (κ1) is 24.7. The summed E-state index contributed by atoms with van der Waals surface area (Å²) in [4.78, 5) is 11.4. The van der Waals surface area contributed by atoms with Gasteiger partial charge in [-0.05, 0) is 40.2 Å². The Morgan fingerprint density at radius 1 is 0.880 bits per heavy atom. The lowest BCUT2D eigenvalue weighted by Crippen LogP contribution is -2.48. The van der Waals surface area contributed by atoms with Crippen LogP contribution in [0.2, 0.25) is 25.7 Å². The van der Waals surface area contributed by atoms with Crippen molar-refractivity contribution < 1.29 is 22.8 Å². The summed E-state index contributed by atoms with van der Waals surface area (Å²) in [7, 11) is -2.56. The minimum absolute atomic E-state index is 0.140. The molecular weight excluding hydrogens is 354 g/mol. The minimum Gasteiger partial charge on any atom is -0.469 e. The molecule has 25 heavy (non-hydrogen) atoms. The van der Waals surface area contributed by atoms with E-state index in [2.05, 4.69) is 24.2 Å². The van der Waals surface area contributed by atoms with Gasteiger partial charge in [-0.1, -0.05) is 19.6 Å². The Hall–Kier alpha value is -0.256. The van der Waals surface area contributed by atoms with Gasteiger partial charge in [-0.15, -0.1) is 0 Å². The van der Waals surface area contributed by atoms with Crippen molar-refractivity contribution in [3.63, 3.8) is 0 Å². The van der Waals surface area contributed by atoms with Gasteiger partial charge in [0.2, 0.25) is 0 Å². The standard InChI is InChI=1S/C17H39NO5Si2/c1-8-21-25(22-9-2,23-10-3)16-12-11-14-18(24(5,6)7)15-13-17(19)20-4/h8-16H2,1-7H3. The van der Waals surface area contributed by atoms with Crippen molar-refractivity contribution in [1.29, 1.82) is 0 Å². The van der Waals surface area contributed by atoms with Gasteiger partial charge in [0.25, 0.3) is 0 Å². The molecule has 150 valence electrons. The quantitative estimate of drug-likeness (QED) is 0.241. The molecule has 0 unspecified atom stereocenters. The Morgan fingerprint density at radius 3 is 1.80 bits per heavy atom. The lowest BCUT2D eigenvalue weighted by Gasteiger charge is -2.34. The molecule has 8 heteroatoms. The third-order valence-corrected chi connectivity index (χ3v) is 9.51. The lowest BCUT2D eigenvalue weighted by molar-refractivity contribution is -0.140. The fraction of sp³-hybridized carbons (Fsp3) is 0.941. The Kier molecular flexibility index (Phi) is 12.9. The second-order valence-electron chi connectivity index (χ2n) is 6.92. The monoisotopic (exact) mass is 393 g/mol. The maximum atomic E-state index is 11.4. The zero-order valence-electron chi connectivity index (χ0n) is 17.4. The van der Waals surface area contributed by atoms with Crippen molar-refractivity contribution in [1.82, 2.24) is 4.57 Å². The number of hydrogen-bond donors (Lipinski definition) is 0. The fourth-order valence-corrected chi connectivity index (χ4v) is 7.05. The average Bonchev–Trinajstić information content (AvgIpc) is 2.53. The van der Waals surface area contributed by atoms with Gasteiger partial charge in [0.1, 0.15) is 8.24 Å². The molecule has 0 rings (SSSR count). The predicted octanol–water partition coefficient (Wildman–Crippen LogP) is 3.52. The first-order valence-electron chi connectivity index (χ1n) is 9.48. The number of esters is 1. The van der Waals surface area contributed by atoms with Crippen molar-refractivity contribution in [2.75, 3.05) is 40.0 Å². The van der Waals surface area contributed by atoms with E-state index in [4.69, 9.17) is 18.0 Å². The van der Waals surface area contributed by atoms with Gasteiger partial charge in [0.05, 0.1) is 13.5 Å². The van der Waals surface area contributed by atoms with E-state index in [1.807, 2.05) is 20.8 Å². The molecule has 0 fully saturated rings. The number of carbonyl (C=O) groups excluding carboxylic acids is 1. The number of methoxy groups -OCH3 is 1. The van der Waals surface area contributed by atoms with Crippen LogP contribution in [0.3, 0.4) is 0 Å². The Bertz CT molecular complexity index is 346. The minimum atomic E-state index is -2.54. The van der Waals surface area contributed by atoms with E-state index < -0.39 is 17.0 Å². The van der Waals surface area contributed by atoms with E-state index in [1.165, 1.54) is 7.11 Å². The number of unbranched alkanes of at least 4 members (excludes halogenated alkanes) is 1. The summed E-state index contributed by atoms with van der Waals surface area (Å²) < 4.78 is 25.0. The van der Waals surface area contributed by atoms with Crippen LogP contribution in [0.15, 0.2) is 0 Å². The second-order valence-corrected chi connectivity index (χ2v) is 14.6. The molecule has 6 nitrogen and oxygen atoms in total. The Morgan fingerprint density at radius 2 is 1.40 bits per heavy atom. The normalized spacial score (nSPS) is 12.6. The molecule has 0 radical (unpaired) electrons. The summed E-state index contributed by atoms with van der Waals surface area (Å²) in [5.41, 5.74) is 0. The molecule has 0 aliphatic carbocycles. The third-order valence-electron chi connectivity index (χ3n) is 4.02.